The van der Waals surface area contributed by atoms with E-state index in [2.05, 4.69) is 10.6 Å². The Labute approximate surface area is 163 Å². The SMILES string of the molecule is Cl.Cl.O=C(NCC1CCN(CC(F)(F)F)C1)C1Cc2ccccc2CN1. The first kappa shape index (κ1) is 23.0. The van der Waals surface area contributed by atoms with Crippen molar-refractivity contribution in [2.75, 3.05) is 26.2 Å². The van der Waals surface area contributed by atoms with E-state index < -0.39 is 12.7 Å². The van der Waals surface area contributed by atoms with E-state index in [1.807, 2.05) is 24.3 Å². The molecule has 2 aliphatic heterocycles. The highest BCUT2D eigenvalue weighted by atomic mass is 35.5. The topological polar surface area (TPSA) is 44.4 Å². The van der Waals surface area contributed by atoms with Gasteiger partial charge in [0.25, 0.3) is 0 Å². The van der Waals surface area contributed by atoms with Crippen molar-refractivity contribution in [3.63, 3.8) is 0 Å². The summed E-state index contributed by atoms with van der Waals surface area (Å²) in [5.74, 6) is 0.0194. The zero-order valence-corrected chi connectivity index (χ0v) is 15.9. The highest BCUT2D eigenvalue weighted by Gasteiger charge is 2.34. The molecule has 1 aromatic carbocycles. The Morgan fingerprint density at radius 1 is 1.23 bits per heavy atom. The zero-order chi connectivity index (χ0) is 17.2. The molecule has 2 heterocycles. The van der Waals surface area contributed by atoms with Crippen LogP contribution in [0.15, 0.2) is 24.3 Å². The first-order valence-corrected chi connectivity index (χ1v) is 8.28. The van der Waals surface area contributed by atoms with Gasteiger partial charge in [0.15, 0.2) is 0 Å². The van der Waals surface area contributed by atoms with Crippen molar-refractivity contribution in [1.29, 1.82) is 0 Å². The molecule has 1 saturated heterocycles. The Morgan fingerprint density at radius 3 is 2.62 bits per heavy atom. The molecule has 0 spiro atoms. The summed E-state index contributed by atoms with van der Waals surface area (Å²) in [6.07, 6.45) is -2.82. The van der Waals surface area contributed by atoms with Crippen molar-refractivity contribution in [2.45, 2.75) is 31.6 Å². The van der Waals surface area contributed by atoms with Gasteiger partial charge in [0.2, 0.25) is 5.91 Å². The summed E-state index contributed by atoms with van der Waals surface area (Å²) < 4.78 is 37.2. The minimum absolute atomic E-state index is 0. The Kier molecular flexibility index (Phi) is 8.66. The number of likely N-dealkylation sites (tertiary alicyclic amines) is 1. The van der Waals surface area contributed by atoms with Crippen LogP contribution in [-0.2, 0) is 17.8 Å². The van der Waals surface area contributed by atoms with Crippen molar-refractivity contribution >= 4 is 30.7 Å². The molecule has 4 nitrogen and oxygen atoms in total. The molecule has 0 radical (unpaired) electrons. The summed E-state index contributed by atoms with van der Waals surface area (Å²) >= 11 is 0. The molecule has 0 aliphatic carbocycles. The smallest absolute Gasteiger partial charge is 0.354 e. The van der Waals surface area contributed by atoms with Crippen LogP contribution >= 0.6 is 24.8 Å². The fraction of sp³-hybridized carbons (Fsp3) is 0.588. The van der Waals surface area contributed by atoms with Crippen LogP contribution in [0.5, 0.6) is 0 Å². The van der Waals surface area contributed by atoms with Crippen molar-refractivity contribution in [3.8, 4) is 0 Å². The Hall–Kier alpha value is -1.02. The third-order valence-corrected chi connectivity index (χ3v) is 4.74. The molecule has 1 fully saturated rings. The molecule has 0 bridgehead atoms. The van der Waals surface area contributed by atoms with Crippen LogP contribution in [0.3, 0.4) is 0 Å². The van der Waals surface area contributed by atoms with Crippen molar-refractivity contribution in [3.05, 3.63) is 35.4 Å². The zero-order valence-electron chi connectivity index (χ0n) is 14.2. The van der Waals surface area contributed by atoms with Gasteiger partial charge < -0.3 is 10.6 Å². The number of carbonyl (C=O) groups is 1. The largest absolute Gasteiger partial charge is 0.401 e. The van der Waals surface area contributed by atoms with Gasteiger partial charge in [0, 0.05) is 19.6 Å². The molecule has 26 heavy (non-hydrogen) atoms. The first-order chi connectivity index (χ1) is 11.4. The van der Waals surface area contributed by atoms with Gasteiger partial charge >= 0.3 is 6.18 Å². The summed E-state index contributed by atoms with van der Waals surface area (Å²) in [4.78, 5) is 13.7. The van der Waals surface area contributed by atoms with Crippen LogP contribution in [0.25, 0.3) is 0 Å². The van der Waals surface area contributed by atoms with Crippen LogP contribution in [0.1, 0.15) is 17.5 Å². The number of fused-ring (bicyclic) bond motifs is 1. The van der Waals surface area contributed by atoms with E-state index in [1.165, 1.54) is 16.0 Å². The molecular formula is C17H24Cl2F3N3O. The maximum atomic E-state index is 12.4. The van der Waals surface area contributed by atoms with E-state index in [1.54, 1.807) is 0 Å². The molecular weight excluding hydrogens is 390 g/mol. The number of hydrogen-bond acceptors (Lipinski definition) is 3. The Balaban J connectivity index is 0.00000169. The molecule has 2 atom stereocenters. The van der Waals surface area contributed by atoms with Gasteiger partial charge in [-0.3, -0.25) is 9.69 Å². The summed E-state index contributed by atoms with van der Waals surface area (Å²) in [5, 5.41) is 6.12. The van der Waals surface area contributed by atoms with Crippen LogP contribution in [-0.4, -0.2) is 49.2 Å². The molecule has 148 valence electrons. The van der Waals surface area contributed by atoms with Gasteiger partial charge in [-0.2, -0.15) is 13.2 Å². The van der Waals surface area contributed by atoms with E-state index in [-0.39, 0.29) is 42.7 Å². The van der Waals surface area contributed by atoms with Crippen molar-refractivity contribution in [2.24, 2.45) is 5.92 Å². The number of nitrogens with one attached hydrogen (secondary N) is 2. The van der Waals surface area contributed by atoms with E-state index in [0.717, 1.165) is 0 Å². The van der Waals surface area contributed by atoms with Gasteiger partial charge in [-0.1, -0.05) is 24.3 Å². The van der Waals surface area contributed by atoms with Crippen LogP contribution < -0.4 is 10.6 Å². The molecule has 2 unspecified atom stereocenters. The normalized spacial score (nSPS) is 22.7. The lowest BCUT2D eigenvalue weighted by Crippen LogP contribution is -2.48. The first-order valence-electron chi connectivity index (χ1n) is 8.28. The third kappa shape index (κ3) is 6.30. The summed E-state index contributed by atoms with van der Waals surface area (Å²) in [6, 6.07) is 7.75. The fourth-order valence-corrected chi connectivity index (χ4v) is 3.48. The average molecular weight is 414 g/mol. The van der Waals surface area contributed by atoms with E-state index in [9.17, 15) is 18.0 Å². The number of alkyl halides is 3. The third-order valence-electron chi connectivity index (χ3n) is 4.74. The fourth-order valence-electron chi connectivity index (χ4n) is 3.48. The molecule has 1 aromatic rings. The highest BCUT2D eigenvalue weighted by molar-refractivity contribution is 5.85. The number of rotatable bonds is 4. The minimum Gasteiger partial charge on any atom is -0.354 e. The summed E-state index contributed by atoms with van der Waals surface area (Å²) in [6.45, 7) is 1.07. The maximum Gasteiger partial charge on any atom is 0.401 e. The number of carbonyl (C=O) groups excluding carboxylic acids is 1. The standard InChI is InChI=1S/C17H22F3N3O.2ClH/c18-17(19,20)11-23-6-5-12(10-23)8-22-16(24)15-7-13-3-1-2-4-14(13)9-21-15;;/h1-4,12,15,21H,5-11H2,(H,22,24);2*1H. The second kappa shape index (κ2) is 9.78. The molecule has 3 rings (SSSR count). The van der Waals surface area contributed by atoms with Gasteiger partial charge in [-0.25, -0.2) is 0 Å². The molecule has 2 aliphatic rings. The predicted molar refractivity (Wildman–Crippen MR) is 98.9 cm³/mol. The molecule has 0 saturated carbocycles. The summed E-state index contributed by atoms with van der Waals surface area (Å²) in [7, 11) is 0. The quantitative estimate of drug-likeness (QED) is 0.796. The highest BCUT2D eigenvalue weighted by Crippen LogP contribution is 2.22. The van der Waals surface area contributed by atoms with Gasteiger partial charge in [0.05, 0.1) is 12.6 Å². The van der Waals surface area contributed by atoms with Crippen LogP contribution in [0.2, 0.25) is 0 Å². The van der Waals surface area contributed by atoms with E-state index in [0.29, 0.717) is 39.0 Å². The second-order valence-corrected chi connectivity index (χ2v) is 6.66. The van der Waals surface area contributed by atoms with Gasteiger partial charge in [-0.15, -0.1) is 24.8 Å². The molecule has 0 aromatic heterocycles. The van der Waals surface area contributed by atoms with E-state index >= 15 is 0 Å². The molecule has 9 heteroatoms. The average Bonchev–Trinajstić information content (AvgIpc) is 2.97. The number of hydrogen-bond donors (Lipinski definition) is 2. The Bertz CT molecular complexity index is 601. The van der Waals surface area contributed by atoms with Crippen molar-refractivity contribution < 1.29 is 18.0 Å². The van der Waals surface area contributed by atoms with Gasteiger partial charge in [-0.05, 0) is 36.4 Å². The van der Waals surface area contributed by atoms with Crippen molar-refractivity contribution in [1.82, 2.24) is 15.5 Å². The number of amides is 1. The van der Waals surface area contributed by atoms with Crippen LogP contribution in [0.4, 0.5) is 13.2 Å². The predicted octanol–water partition coefficient (Wildman–Crippen LogP) is 2.54. The second-order valence-electron chi connectivity index (χ2n) is 6.66. The number of nitrogens with zero attached hydrogens (tertiary/aromatic N) is 1. The number of halogens is 5. The lowest BCUT2D eigenvalue weighted by atomic mass is 9.95. The molecule has 2 N–H and O–H groups in total. The monoisotopic (exact) mass is 413 g/mol. The lowest BCUT2D eigenvalue weighted by molar-refractivity contribution is -0.143. The lowest BCUT2D eigenvalue weighted by Gasteiger charge is -2.26. The van der Waals surface area contributed by atoms with E-state index in [4.69, 9.17) is 0 Å². The summed E-state index contributed by atoms with van der Waals surface area (Å²) in [5.41, 5.74) is 2.38. The minimum atomic E-state index is -4.16. The van der Waals surface area contributed by atoms with Crippen LogP contribution in [0, 0.1) is 5.92 Å². The number of benzene rings is 1. The molecule has 1 amide bonds. The van der Waals surface area contributed by atoms with Gasteiger partial charge in [0.1, 0.15) is 0 Å². The maximum absolute atomic E-state index is 12.4. The Morgan fingerprint density at radius 2 is 1.92 bits per heavy atom.